The lowest BCUT2D eigenvalue weighted by Gasteiger charge is -2.25. The number of nitrogens with two attached hydrogens (primary N) is 1. The molecule has 0 saturated carbocycles. The fraction of sp³-hybridized carbons (Fsp3) is 0.385. The van der Waals surface area contributed by atoms with E-state index in [0.29, 0.717) is 17.2 Å². The molecule has 19 heavy (non-hydrogen) atoms. The maximum Gasteiger partial charge on any atom is 0.224 e. The van der Waals surface area contributed by atoms with Crippen LogP contribution < -0.4 is 11.1 Å². The van der Waals surface area contributed by atoms with Crippen LogP contribution in [0.5, 0.6) is 0 Å². The molecule has 3 rings (SSSR count). The number of nitrogens with zero attached hydrogens (tertiary/aromatic N) is 2. The zero-order valence-electron chi connectivity index (χ0n) is 10.6. The van der Waals surface area contributed by atoms with Crippen LogP contribution in [0.3, 0.4) is 0 Å². The molecule has 0 aliphatic heterocycles. The molecule has 6 heteroatoms. The predicted molar refractivity (Wildman–Crippen MR) is 79.8 cm³/mol. The Bertz CT molecular complexity index is 611. The van der Waals surface area contributed by atoms with Crippen molar-refractivity contribution < 1.29 is 0 Å². The number of halogens is 1. The first-order valence-electron chi connectivity index (χ1n) is 6.27. The second-order valence-corrected chi connectivity index (χ2v) is 6.07. The normalized spacial score (nSPS) is 18.1. The Labute approximate surface area is 121 Å². The number of hydrogen-bond donors (Lipinski definition) is 2. The molecule has 4 nitrogen and oxygen atoms in total. The molecule has 0 radical (unpaired) electrons. The lowest BCUT2D eigenvalue weighted by Crippen LogP contribution is -2.18. The highest BCUT2D eigenvalue weighted by molar-refractivity contribution is 7.10. The molecule has 2 aromatic rings. The fourth-order valence-corrected chi connectivity index (χ4v) is 3.66. The third-order valence-electron chi connectivity index (χ3n) is 3.47. The first-order valence-corrected chi connectivity index (χ1v) is 7.53. The SMILES string of the molecule is Cc1nc(Cl)nc(NC2CCCc3sccc32)c1N. The Morgan fingerprint density at radius 3 is 3.16 bits per heavy atom. The van der Waals surface area contributed by atoms with E-state index in [1.54, 1.807) is 0 Å². The van der Waals surface area contributed by atoms with Crippen molar-refractivity contribution in [2.45, 2.75) is 32.2 Å². The number of fused-ring (bicyclic) bond motifs is 1. The molecule has 1 atom stereocenters. The Hall–Kier alpha value is -1.33. The smallest absolute Gasteiger partial charge is 0.224 e. The first-order chi connectivity index (χ1) is 9.15. The van der Waals surface area contributed by atoms with E-state index in [2.05, 4.69) is 26.7 Å². The van der Waals surface area contributed by atoms with E-state index in [0.717, 1.165) is 6.42 Å². The van der Waals surface area contributed by atoms with Crippen molar-refractivity contribution in [3.05, 3.63) is 32.9 Å². The molecule has 0 bridgehead atoms. The quantitative estimate of drug-likeness (QED) is 0.831. The molecule has 0 saturated heterocycles. The van der Waals surface area contributed by atoms with Gasteiger partial charge in [0.1, 0.15) is 0 Å². The second-order valence-electron chi connectivity index (χ2n) is 4.73. The number of thiophene rings is 1. The minimum atomic E-state index is 0.232. The molecule has 0 fully saturated rings. The van der Waals surface area contributed by atoms with Gasteiger partial charge in [0, 0.05) is 4.88 Å². The van der Waals surface area contributed by atoms with Crippen LogP contribution >= 0.6 is 22.9 Å². The predicted octanol–water partition coefficient (Wildman–Crippen LogP) is 3.57. The topological polar surface area (TPSA) is 63.8 Å². The van der Waals surface area contributed by atoms with E-state index in [-0.39, 0.29) is 11.3 Å². The van der Waals surface area contributed by atoms with Crippen molar-refractivity contribution in [1.82, 2.24) is 9.97 Å². The number of anilines is 2. The van der Waals surface area contributed by atoms with E-state index in [4.69, 9.17) is 17.3 Å². The van der Waals surface area contributed by atoms with E-state index < -0.39 is 0 Å². The van der Waals surface area contributed by atoms with Crippen LogP contribution in [0.2, 0.25) is 5.28 Å². The largest absolute Gasteiger partial charge is 0.394 e. The lowest BCUT2D eigenvalue weighted by molar-refractivity contribution is 0.607. The second kappa shape index (κ2) is 4.98. The van der Waals surface area contributed by atoms with Gasteiger partial charge >= 0.3 is 0 Å². The van der Waals surface area contributed by atoms with Crippen LogP contribution in [0.15, 0.2) is 11.4 Å². The van der Waals surface area contributed by atoms with E-state index >= 15 is 0 Å². The minimum Gasteiger partial charge on any atom is -0.394 e. The summed E-state index contributed by atoms with van der Waals surface area (Å²) in [4.78, 5) is 9.72. The maximum atomic E-state index is 6.02. The number of aromatic nitrogens is 2. The molecule has 3 N–H and O–H groups in total. The highest BCUT2D eigenvalue weighted by atomic mass is 35.5. The summed E-state index contributed by atoms with van der Waals surface area (Å²) >= 11 is 7.72. The van der Waals surface area contributed by atoms with Crippen molar-refractivity contribution in [1.29, 1.82) is 0 Å². The van der Waals surface area contributed by atoms with Crippen molar-refractivity contribution in [3.8, 4) is 0 Å². The number of aryl methyl sites for hydroxylation is 2. The van der Waals surface area contributed by atoms with Gasteiger partial charge in [-0.3, -0.25) is 0 Å². The summed E-state index contributed by atoms with van der Waals surface area (Å²) in [5, 5.41) is 5.80. The maximum absolute atomic E-state index is 6.02. The highest BCUT2D eigenvalue weighted by Crippen LogP contribution is 2.36. The van der Waals surface area contributed by atoms with Crippen LogP contribution in [0.25, 0.3) is 0 Å². The summed E-state index contributed by atoms with van der Waals surface area (Å²) in [5.74, 6) is 0.640. The number of nitrogen functional groups attached to an aromatic ring is 1. The van der Waals surface area contributed by atoms with Gasteiger partial charge < -0.3 is 11.1 Å². The van der Waals surface area contributed by atoms with Crippen LogP contribution in [0.1, 0.15) is 35.0 Å². The van der Waals surface area contributed by atoms with E-state index in [1.165, 1.54) is 23.3 Å². The van der Waals surface area contributed by atoms with Crippen LogP contribution in [0, 0.1) is 6.92 Å². The van der Waals surface area contributed by atoms with Crippen molar-refractivity contribution in [2.75, 3.05) is 11.1 Å². The summed E-state index contributed by atoms with van der Waals surface area (Å²) in [6, 6.07) is 2.45. The molecule has 100 valence electrons. The minimum absolute atomic E-state index is 0.232. The number of nitrogens with one attached hydrogen (secondary N) is 1. The molecule has 1 unspecified atom stereocenters. The third kappa shape index (κ3) is 2.40. The fourth-order valence-electron chi connectivity index (χ4n) is 2.46. The van der Waals surface area contributed by atoms with Gasteiger partial charge in [-0.2, -0.15) is 4.98 Å². The molecule has 0 amide bonds. The third-order valence-corrected chi connectivity index (χ3v) is 4.64. The molecule has 2 heterocycles. The van der Waals surface area contributed by atoms with Crippen LogP contribution in [-0.2, 0) is 6.42 Å². The van der Waals surface area contributed by atoms with E-state index in [9.17, 15) is 0 Å². The van der Waals surface area contributed by atoms with Gasteiger partial charge in [0.05, 0.1) is 17.4 Å². The Morgan fingerprint density at radius 2 is 2.32 bits per heavy atom. The van der Waals surface area contributed by atoms with Crippen molar-refractivity contribution in [3.63, 3.8) is 0 Å². The summed E-state index contributed by atoms with van der Waals surface area (Å²) in [6.45, 7) is 1.84. The monoisotopic (exact) mass is 294 g/mol. The molecule has 1 aliphatic rings. The zero-order valence-corrected chi connectivity index (χ0v) is 12.2. The molecule has 2 aromatic heterocycles. The van der Waals surface area contributed by atoms with Gasteiger partial charge in [-0.15, -0.1) is 11.3 Å². The summed E-state index contributed by atoms with van der Waals surface area (Å²) in [5.41, 5.74) is 8.67. The molecular formula is C13H15ClN4S. The Kier molecular flexibility index (Phi) is 3.33. The highest BCUT2D eigenvalue weighted by Gasteiger charge is 2.22. The number of hydrogen-bond acceptors (Lipinski definition) is 5. The van der Waals surface area contributed by atoms with Gasteiger partial charge in [0.25, 0.3) is 0 Å². The summed E-state index contributed by atoms with van der Waals surface area (Å²) in [6.07, 6.45) is 3.44. The average Bonchev–Trinajstić information content (AvgIpc) is 2.84. The first kappa shape index (κ1) is 12.7. The number of rotatable bonds is 2. The molecular weight excluding hydrogens is 280 g/mol. The Balaban J connectivity index is 1.91. The van der Waals surface area contributed by atoms with Gasteiger partial charge in [-0.05, 0) is 54.8 Å². The molecule has 1 aliphatic carbocycles. The van der Waals surface area contributed by atoms with Gasteiger partial charge in [-0.25, -0.2) is 4.98 Å². The summed E-state index contributed by atoms with van der Waals surface area (Å²) < 4.78 is 0. The molecule has 0 spiro atoms. The van der Waals surface area contributed by atoms with E-state index in [1.807, 2.05) is 18.3 Å². The molecule has 0 aromatic carbocycles. The van der Waals surface area contributed by atoms with Crippen molar-refractivity contribution in [2.24, 2.45) is 0 Å². The van der Waals surface area contributed by atoms with Gasteiger partial charge in [0.15, 0.2) is 5.82 Å². The Morgan fingerprint density at radius 1 is 1.47 bits per heavy atom. The summed E-state index contributed by atoms with van der Waals surface area (Å²) in [7, 11) is 0. The zero-order chi connectivity index (χ0) is 13.4. The van der Waals surface area contributed by atoms with Crippen molar-refractivity contribution >= 4 is 34.4 Å². The standard InChI is InChI=1S/C13H15ClN4S/c1-7-11(15)12(18-13(14)16-7)17-9-3-2-4-10-8(9)5-6-19-10/h5-6,9H,2-4,15H2,1H3,(H,16,17,18). The van der Waals surface area contributed by atoms with Crippen LogP contribution in [-0.4, -0.2) is 9.97 Å². The van der Waals surface area contributed by atoms with Crippen LogP contribution in [0.4, 0.5) is 11.5 Å². The average molecular weight is 295 g/mol. The lowest BCUT2D eigenvalue weighted by atomic mass is 9.94. The van der Waals surface area contributed by atoms with Gasteiger partial charge in [0.2, 0.25) is 5.28 Å². The van der Waals surface area contributed by atoms with Gasteiger partial charge in [-0.1, -0.05) is 0 Å².